The van der Waals surface area contributed by atoms with Crippen LogP contribution in [0.25, 0.3) is 0 Å². The zero-order chi connectivity index (χ0) is 13.1. The summed E-state index contributed by atoms with van der Waals surface area (Å²) in [6.07, 6.45) is 1.66. The van der Waals surface area contributed by atoms with E-state index in [9.17, 15) is 4.39 Å². The van der Waals surface area contributed by atoms with E-state index in [-0.39, 0.29) is 0 Å². The molecular weight excluding hydrogens is 239 g/mol. The summed E-state index contributed by atoms with van der Waals surface area (Å²) in [5, 5.41) is 0. The van der Waals surface area contributed by atoms with Gasteiger partial charge < -0.3 is 4.90 Å². The number of halogens is 1. The molecule has 0 aliphatic carbocycles. The predicted molar refractivity (Wildman–Crippen MR) is 73.6 cm³/mol. The first-order valence-electron chi connectivity index (χ1n) is 6.18. The smallest absolute Gasteiger partial charge is 0.205 e. The van der Waals surface area contributed by atoms with Crippen molar-refractivity contribution in [3.63, 3.8) is 0 Å². The third-order valence-electron chi connectivity index (χ3n) is 3.08. The fourth-order valence-corrected chi connectivity index (χ4v) is 2.07. The largest absolute Gasteiger partial charge is 0.363 e. The molecule has 1 saturated heterocycles. The second kappa shape index (κ2) is 4.74. The maximum atomic E-state index is 14.3. The molecule has 1 aromatic carbocycles. The molecule has 0 saturated carbocycles. The van der Waals surface area contributed by atoms with Gasteiger partial charge in [0.1, 0.15) is 5.69 Å². The summed E-state index contributed by atoms with van der Waals surface area (Å²) in [6.45, 7) is 0.633. The second-order valence-corrected chi connectivity index (χ2v) is 4.62. The lowest BCUT2D eigenvalue weighted by molar-refractivity contribution is 0.192. The molecule has 3 rings (SSSR count). The van der Waals surface area contributed by atoms with Crippen LogP contribution in [-0.4, -0.2) is 23.7 Å². The van der Waals surface area contributed by atoms with Crippen LogP contribution >= 0.6 is 0 Å². The van der Waals surface area contributed by atoms with Gasteiger partial charge in [0, 0.05) is 11.9 Å². The Morgan fingerprint density at radius 3 is 2.47 bits per heavy atom. The Morgan fingerprint density at radius 1 is 1.05 bits per heavy atom. The maximum Gasteiger partial charge on any atom is 0.205 e. The Hall–Kier alpha value is -2.34. The van der Waals surface area contributed by atoms with Gasteiger partial charge in [-0.05, 0) is 30.2 Å². The molecule has 1 aromatic heterocycles. The first-order chi connectivity index (χ1) is 9.25. The van der Waals surface area contributed by atoms with Crippen LogP contribution in [0, 0.1) is 11.8 Å². The lowest BCUT2D eigenvalue weighted by Gasteiger charge is -2.42. The number of para-hydroxylation sites is 1. The van der Waals surface area contributed by atoms with Crippen molar-refractivity contribution in [3.05, 3.63) is 60.4 Å². The summed E-state index contributed by atoms with van der Waals surface area (Å²) < 4.78 is 14.3. The molecule has 0 atom stereocenters. The third-order valence-corrected chi connectivity index (χ3v) is 3.08. The number of aromatic nitrogens is 1. The van der Waals surface area contributed by atoms with Gasteiger partial charge in [-0.2, -0.15) is 0 Å². The zero-order valence-corrected chi connectivity index (χ0v) is 10.4. The van der Waals surface area contributed by atoms with Gasteiger partial charge in [-0.1, -0.05) is 30.2 Å². The molecule has 2 nitrogen and oxygen atoms in total. The fraction of sp³-hybridized carbons (Fsp3) is 0.188. The van der Waals surface area contributed by atoms with Gasteiger partial charge in [-0.25, -0.2) is 9.37 Å². The summed E-state index contributed by atoms with van der Waals surface area (Å²) in [5.41, 5.74) is 0.223. The number of benzene rings is 1. The maximum absolute atomic E-state index is 14.3. The number of hydrogen-bond acceptors (Lipinski definition) is 2. The molecule has 3 heteroatoms. The lowest BCUT2D eigenvalue weighted by atomic mass is 9.96. The fourth-order valence-electron chi connectivity index (χ4n) is 2.07. The third kappa shape index (κ3) is 2.58. The van der Waals surface area contributed by atoms with Crippen LogP contribution in [0.4, 0.5) is 10.1 Å². The number of rotatable bonds is 1. The van der Waals surface area contributed by atoms with E-state index in [4.69, 9.17) is 0 Å². The molecule has 0 radical (unpaired) electrons. The van der Waals surface area contributed by atoms with Crippen LogP contribution < -0.4 is 4.90 Å². The van der Waals surface area contributed by atoms with Crippen LogP contribution in [0.2, 0.25) is 0 Å². The van der Waals surface area contributed by atoms with Crippen molar-refractivity contribution < 1.29 is 4.39 Å². The molecular formula is C16H13FN2. The van der Waals surface area contributed by atoms with Crippen molar-refractivity contribution in [1.29, 1.82) is 0 Å². The molecule has 1 fully saturated rings. The zero-order valence-electron chi connectivity index (χ0n) is 10.4. The molecule has 0 N–H and O–H groups in total. The van der Waals surface area contributed by atoms with Crippen molar-refractivity contribution in [2.24, 2.45) is 0 Å². The molecule has 0 spiro atoms. The highest BCUT2D eigenvalue weighted by Gasteiger charge is 2.42. The van der Waals surface area contributed by atoms with Gasteiger partial charge in [0.2, 0.25) is 5.67 Å². The first kappa shape index (κ1) is 11.7. The summed E-state index contributed by atoms with van der Waals surface area (Å²) in [6, 6.07) is 15.3. The van der Waals surface area contributed by atoms with E-state index in [0.29, 0.717) is 18.8 Å². The minimum atomic E-state index is -1.42. The summed E-state index contributed by atoms with van der Waals surface area (Å²) in [5.74, 6) is 5.49. The van der Waals surface area contributed by atoms with Gasteiger partial charge in [0.25, 0.3) is 0 Å². The Balaban J connectivity index is 1.68. The quantitative estimate of drug-likeness (QED) is 0.725. The van der Waals surface area contributed by atoms with Crippen LogP contribution in [0.15, 0.2) is 54.7 Å². The average Bonchev–Trinajstić information content (AvgIpc) is 2.44. The van der Waals surface area contributed by atoms with Gasteiger partial charge in [-0.3, -0.25) is 0 Å². The van der Waals surface area contributed by atoms with Crippen molar-refractivity contribution in [3.8, 4) is 11.8 Å². The molecule has 19 heavy (non-hydrogen) atoms. The standard InChI is InChI=1S/C16H13FN2/c17-16(10-9-14-6-4-5-11-18-14)12-19(13-16)15-7-2-1-3-8-15/h1-8,11H,12-13H2. The van der Waals surface area contributed by atoms with Crippen molar-refractivity contribution in [2.45, 2.75) is 5.67 Å². The van der Waals surface area contributed by atoms with E-state index in [1.165, 1.54) is 0 Å². The summed E-state index contributed by atoms with van der Waals surface area (Å²) in [7, 11) is 0. The van der Waals surface area contributed by atoms with Crippen molar-refractivity contribution in [2.75, 3.05) is 18.0 Å². The molecule has 0 bridgehead atoms. The van der Waals surface area contributed by atoms with Gasteiger partial charge in [-0.15, -0.1) is 0 Å². The van der Waals surface area contributed by atoms with Gasteiger partial charge in [0.15, 0.2) is 0 Å². The van der Waals surface area contributed by atoms with E-state index < -0.39 is 5.67 Å². The van der Waals surface area contributed by atoms with Crippen LogP contribution in [0.1, 0.15) is 5.69 Å². The van der Waals surface area contributed by atoms with E-state index >= 15 is 0 Å². The Bertz CT molecular complexity index is 607. The Kier molecular flexibility index (Phi) is 2.92. The number of alkyl halides is 1. The molecule has 1 aliphatic heterocycles. The molecule has 2 aromatic rings. The van der Waals surface area contributed by atoms with Crippen molar-refractivity contribution >= 4 is 5.69 Å². The number of hydrogen-bond donors (Lipinski definition) is 0. The number of nitrogens with zero attached hydrogens (tertiary/aromatic N) is 2. The van der Waals surface area contributed by atoms with Gasteiger partial charge >= 0.3 is 0 Å². The van der Waals surface area contributed by atoms with Gasteiger partial charge in [0.05, 0.1) is 13.1 Å². The van der Waals surface area contributed by atoms with E-state index in [1.54, 1.807) is 12.3 Å². The highest BCUT2D eigenvalue weighted by molar-refractivity contribution is 5.52. The molecule has 0 amide bonds. The topological polar surface area (TPSA) is 16.1 Å². The summed E-state index contributed by atoms with van der Waals surface area (Å²) in [4.78, 5) is 6.04. The normalized spacial score (nSPS) is 16.2. The Morgan fingerprint density at radius 2 is 1.79 bits per heavy atom. The Labute approximate surface area is 111 Å². The summed E-state index contributed by atoms with van der Waals surface area (Å²) >= 11 is 0. The first-order valence-corrected chi connectivity index (χ1v) is 6.18. The highest BCUT2D eigenvalue weighted by Crippen LogP contribution is 2.29. The van der Waals surface area contributed by atoms with E-state index in [2.05, 4.69) is 16.8 Å². The molecule has 0 unspecified atom stereocenters. The second-order valence-electron chi connectivity index (χ2n) is 4.62. The van der Waals surface area contributed by atoms with Crippen LogP contribution in [0.5, 0.6) is 0 Å². The SMILES string of the molecule is FC1(C#Cc2ccccn2)CN(c2ccccc2)C1. The van der Waals surface area contributed by atoms with E-state index in [1.807, 2.05) is 47.4 Å². The predicted octanol–water partition coefficient (Wildman–Crippen LogP) is 2.66. The lowest BCUT2D eigenvalue weighted by Crippen LogP contribution is -2.58. The number of pyridine rings is 1. The molecule has 2 heterocycles. The average molecular weight is 252 g/mol. The minimum Gasteiger partial charge on any atom is -0.363 e. The monoisotopic (exact) mass is 252 g/mol. The molecule has 94 valence electrons. The van der Waals surface area contributed by atoms with E-state index in [0.717, 1.165) is 5.69 Å². The van der Waals surface area contributed by atoms with Crippen LogP contribution in [0.3, 0.4) is 0 Å². The molecule has 1 aliphatic rings. The van der Waals surface area contributed by atoms with Crippen molar-refractivity contribution in [1.82, 2.24) is 4.98 Å². The highest BCUT2D eigenvalue weighted by atomic mass is 19.1. The van der Waals surface area contributed by atoms with Crippen LogP contribution in [-0.2, 0) is 0 Å². The minimum absolute atomic E-state index is 0.316. The number of anilines is 1.